The number of carboxylic acid groups (broad SMARTS) is 1. The van der Waals surface area contributed by atoms with Gasteiger partial charge < -0.3 is 14.8 Å². The third-order valence-electron chi connectivity index (χ3n) is 4.14. The van der Waals surface area contributed by atoms with Crippen LogP contribution in [0.15, 0.2) is 28.7 Å². The third-order valence-corrected chi connectivity index (χ3v) is 4.14. The van der Waals surface area contributed by atoms with E-state index in [4.69, 9.17) is 4.42 Å². The molecule has 1 atom stereocenters. The lowest BCUT2D eigenvalue weighted by Gasteiger charge is -2.16. The molecule has 0 saturated carbocycles. The summed E-state index contributed by atoms with van der Waals surface area (Å²) in [5.41, 5.74) is 2.97. The minimum atomic E-state index is -1.10. The Morgan fingerprint density at radius 2 is 1.75 bits per heavy atom. The van der Waals surface area contributed by atoms with Crippen LogP contribution in [0.3, 0.4) is 0 Å². The molecule has 0 spiro atoms. The predicted octanol–water partition coefficient (Wildman–Crippen LogP) is 3.88. The molecule has 1 aromatic carbocycles. The number of rotatable bonds is 5. The lowest BCUT2D eigenvalue weighted by Crippen LogP contribution is -2.34. The number of nitrogens with one attached hydrogen (secondary N) is 1. The standard InChI is InChI=1S/C19H23NO4/c1-10(2)16-9-15(13(5)24-16)18(21)20-17(19(22)23)14-7-6-11(3)12(4)8-14/h6-10,17H,1-5H3,(H,20,21)(H,22,23). The molecule has 5 nitrogen and oxygen atoms in total. The third kappa shape index (κ3) is 3.67. The van der Waals surface area contributed by atoms with Gasteiger partial charge in [-0.25, -0.2) is 4.79 Å². The molecule has 5 heteroatoms. The quantitative estimate of drug-likeness (QED) is 0.872. The first-order valence-corrected chi connectivity index (χ1v) is 7.91. The molecule has 1 amide bonds. The molecule has 1 heterocycles. The highest BCUT2D eigenvalue weighted by molar-refractivity contribution is 5.97. The van der Waals surface area contributed by atoms with Gasteiger partial charge in [-0.05, 0) is 43.5 Å². The highest BCUT2D eigenvalue weighted by Crippen LogP contribution is 2.23. The summed E-state index contributed by atoms with van der Waals surface area (Å²) in [5.74, 6) is -0.206. The molecule has 2 aromatic rings. The van der Waals surface area contributed by atoms with E-state index in [2.05, 4.69) is 5.32 Å². The van der Waals surface area contributed by atoms with Crippen molar-refractivity contribution in [2.75, 3.05) is 0 Å². The Balaban J connectivity index is 2.29. The number of carbonyl (C=O) groups excluding carboxylic acids is 1. The molecule has 0 radical (unpaired) electrons. The maximum Gasteiger partial charge on any atom is 0.330 e. The van der Waals surface area contributed by atoms with E-state index in [1.165, 1.54) is 0 Å². The first kappa shape index (κ1) is 17.8. The Morgan fingerprint density at radius 1 is 1.08 bits per heavy atom. The van der Waals surface area contributed by atoms with Crippen molar-refractivity contribution in [1.29, 1.82) is 0 Å². The zero-order valence-electron chi connectivity index (χ0n) is 14.6. The molecular formula is C19H23NO4. The molecule has 0 aliphatic heterocycles. The number of benzene rings is 1. The van der Waals surface area contributed by atoms with E-state index in [9.17, 15) is 14.7 Å². The second-order valence-corrected chi connectivity index (χ2v) is 6.36. The van der Waals surface area contributed by atoms with Crippen molar-refractivity contribution in [3.05, 3.63) is 58.0 Å². The summed E-state index contributed by atoms with van der Waals surface area (Å²) < 4.78 is 5.57. The van der Waals surface area contributed by atoms with E-state index in [-0.39, 0.29) is 5.92 Å². The highest BCUT2D eigenvalue weighted by Gasteiger charge is 2.25. The smallest absolute Gasteiger partial charge is 0.330 e. The van der Waals surface area contributed by atoms with E-state index in [0.717, 1.165) is 11.1 Å². The molecule has 0 aliphatic carbocycles. The number of carbonyl (C=O) groups is 2. The minimum absolute atomic E-state index is 0.153. The van der Waals surface area contributed by atoms with Crippen molar-refractivity contribution in [3.63, 3.8) is 0 Å². The van der Waals surface area contributed by atoms with Crippen LogP contribution in [0.25, 0.3) is 0 Å². The van der Waals surface area contributed by atoms with Crippen LogP contribution in [0.1, 0.15) is 64.4 Å². The Hall–Kier alpha value is -2.56. The number of hydrogen-bond donors (Lipinski definition) is 2. The molecule has 0 aliphatic rings. The normalized spacial score (nSPS) is 12.2. The van der Waals surface area contributed by atoms with E-state index < -0.39 is 17.9 Å². The molecule has 0 bridgehead atoms. The summed E-state index contributed by atoms with van der Waals surface area (Å²) in [6, 6.07) is 5.94. The van der Waals surface area contributed by atoms with E-state index in [1.807, 2.05) is 33.8 Å². The number of carboxylic acids is 1. The molecule has 0 saturated heterocycles. The van der Waals surface area contributed by atoms with Crippen LogP contribution in [-0.2, 0) is 4.79 Å². The van der Waals surface area contributed by atoms with Crippen molar-refractivity contribution in [1.82, 2.24) is 5.32 Å². The zero-order chi connectivity index (χ0) is 18.0. The second kappa shape index (κ2) is 6.91. The lowest BCUT2D eigenvalue weighted by atomic mass is 10.0. The monoisotopic (exact) mass is 329 g/mol. The molecular weight excluding hydrogens is 306 g/mol. The van der Waals surface area contributed by atoms with Crippen molar-refractivity contribution in [2.24, 2.45) is 0 Å². The fourth-order valence-corrected chi connectivity index (χ4v) is 2.46. The predicted molar refractivity (Wildman–Crippen MR) is 91.3 cm³/mol. The van der Waals surface area contributed by atoms with Crippen LogP contribution < -0.4 is 5.32 Å². The van der Waals surface area contributed by atoms with Gasteiger partial charge in [0.05, 0.1) is 5.56 Å². The van der Waals surface area contributed by atoms with Crippen molar-refractivity contribution in [2.45, 2.75) is 46.6 Å². The van der Waals surface area contributed by atoms with Gasteiger partial charge in [0, 0.05) is 5.92 Å². The summed E-state index contributed by atoms with van der Waals surface area (Å²) in [5, 5.41) is 12.1. The molecule has 1 aromatic heterocycles. The van der Waals surface area contributed by atoms with Crippen LogP contribution in [0, 0.1) is 20.8 Å². The molecule has 1 unspecified atom stereocenters. The SMILES string of the molecule is Cc1ccc(C(NC(=O)c2cc(C(C)C)oc2C)C(=O)O)cc1C. The summed E-state index contributed by atoms with van der Waals surface area (Å²) in [4.78, 5) is 24.1. The number of aliphatic carboxylic acids is 1. The average Bonchev–Trinajstić information content (AvgIpc) is 2.89. The average molecular weight is 329 g/mol. The molecule has 128 valence electrons. The fourth-order valence-electron chi connectivity index (χ4n) is 2.46. The number of amides is 1. The summed E-state index contributed by atoms with van der Waals surface area (Å²) in [6.45, 7) is 9.50. The number of hydrogen-bond acceptors (Lipinski definition) is 3. The van der Waals surface area contributed by atoms with Gasteiger partial charge in [0.2, 0.25) is 0 Å². The van der Waals surface area contributed by atoms with Gasteiger partial charge >= 0.3 is 5.97 Å². The van der Waals surface area contributed by atoms with Crippen LogP contribution in [0.4, 0.5) is 0 Å². The molecule has 24 heavy (non-hydrogen) atoms. The van der Waals surface area contributed by atoms with Crippen LogP contribution >= 0.6 is 0 Å². The summed E-state index contributed by atoms with van der Waals surface area (Å²) in [6.07, 6.45) is 0. The zero-order valence-corrected chi connectivity index (χ0v) is 14.6. The maximum atomic E-state index is 12.5. The van der Waals surface area contributed by atoms with Gasteiger partial charge in [-0.15, -0.1) is 0 Å². The largest absolute Gasteiger partial charge is 0.479 e. The van der Waals surface area contributed by atoms with Crippen molar-refractivity contribution >= 4 is 11.9 Å². The molecule has 2 N–H and O–H groups in total. The topological polar surface area (TPSA) is 79.5 Å². The van der Waals surface area contributed by atoms with Crippen LogP contribution in [0.2, 0.25) is 0 Å². The Bertz CT molecular complexity index is 774. The van der Waals surface area contributed by atoms with Gasteiger partial charge in [0.1, 0.15) is 11.5 Å². The lowest BCUT2D eigenvalue weighted by molar-refractivity contribution is -0.139. The van der Waals surface area contributed by atoms with Gasteiger partial charge in [0.15, 0.2) is 6.04 Å². The Labute approximate surface area is 141 Å². The summed E-state index contributed by atoms with van der Waals surface area (Å²) >= 11 is 0. The molecule has 0 fully saturated rings. The van der Waals surface area contributed by atoms with Crippen molar-refractivity contribution in [3.8, 4) is 0 Å². The maximum absolute atomic E-state index is 12.5. The van der Waals surface area contributed by atoms with E-state index in [1.54, 1.807) is 25.1 Å². The van der Waals surface area contributed by atoms with Crippen LogP contribution in [-0.4, -0.2) is 17.0 Å². The van der Waals surface area contributed by atoms with Crippen LogP contribution in [0.5, 0.6) is 0 Å². The van der Waals surface area contributed by atoms with Gasteiger partial charge in [-0.3, -0.25) is 4.79 Å². The fraction of sp³-hybridized carbons (Fsp3) is 0.368. The first-order valence-electron chi connectivity index (χ1n) is 7.91. The first-order chi connectivity index (χ1) is 11.2. The highest BCUT2D eigenvalue weighted by atomic mass is 16.4. The minimum Gasteiger partial charge on any atom is -0.479 e. The Kier molecular flexibility index (Phi) is 5.12. The number of furan rings is 1. The van der Waals surface area contributed by atoms with Gasteiger partial charge in [-0.1, -0.05) is 32.0 Å². The van der Waals surface area contributed by atoms with E-state index in [0.29, 0.717) is 22.6 Å². The second-order valence-electron chi connectivity index (χ2n) is 6.36. The summed E-state index contributed by atoms with van der Waals surface area (Å²) in [7, 11) is 0. The van der Waals surface area contributed by atoms with Crippen molar-refractivity contribution < 1.29 is 19.1 Å². The number of aryl methyl sites for hydroxylation is 3. The molecule has 2 rings (SSSR count). The van der Waals surface area contributed by atoms with Gasteiger partial charge in [-0.2, -0.15) is 0 Å². The Morgan fingerprint density at radius 3 is 2.25 bits per heavy atom. The van der Waals surface area contributed by atoms with Gasteiger partial charge in [0.25, 0.3) is 5.91 Å². The van der Waals surface area contributed by atoms with E-state index >= 15 is 0 Å².